The summed E-state index contributed by atoms with van der Waals surface area (Å²) in [6, 6.07) is 0. The minimum absolute atomic E-state index is 0.256. The maximum Gasteiger partial charge on any atom is 0.365 e. The SMILES string of the molecule is COC1(C(CF)C(CF)(CF)CF)OC(C(CF)C(CF)(CF)CF)C(F)(F)C1(F)F. The third kappa shape index (κ3) is 3.78. The second-order valence-electron chi connectivity index (χ2n) is 7.60. The maximum atomic E-state index is 14.9. The van der Waals surface area contributed by atoms with Crippen molar-refractivity contribution in [2.45, 2.75) is 23.7 Å². The van der Waals surface area contributed by atoms with Crippen molar-refractivity contribution < 1.29 is 62.2 Å². The van der Waals surface area contributed by atoms with Gasteiger partial charge in [-0.05, 0) is 0 Å². The Kier molecular flexibility index (Phi) is 9.00. The van der Waals surface area contributed by atoms with Crippen LogP contribution in [0.1, 0.15) is 0 Å². The first kappa shape index (κ1) is 28.1. The van der Waals surface area contributed by atoms with Crippen molar-refractivity contribution in [3.8, 4) is 0 Å². The average molecular weight is 486 g/mol. The van der Waals surface area contributed by atoms with Gasteiger partial charge in [0.2, 0.25) is 5.79 Å². The van der Waals surface area contributed by atoms with Crippen LogP contribution in [0.15, 0.2) is 0 Å². The summed E-state index contributed by atoms with van der Waals surface area (Å²) in [4.78, 5) is 0. The van der Waals surface area contributed by atoms with Gasteiger partial charge in [-0.1, -0.05) is 0 Å². The highest BCUT2D eigenvalue weighted by atomic mass is 19.3. The van der Waals surface area contributed by atoms with E-state index >= 15 is 0 Å². The highest BCUT2D eigenvalue weighted by molar-refractivity contribution is 5.16. The number of hydrogen-bond acceptors (Lipinski definition) is 2. The first-order valence-electron chi connectivity index (χ1n) is 8.87. The van der Waals surface area contributed by atoms with Crippen molar-refractivity contribution in [1.29, 1.82) is 0 Å². The number of ether oxygens (including phenoxy) is 2. The van der Waals surface area contributed by atoms with Crippen molar-refractivity contribution in [2.24, 2.45) is 22.7 Å². The Balaban J connectivity index is 3.77. The second kappa shape index (κ2) is 9.92. The predicted molar refractivity (Wildman–Crippen MR) is 84.2 cm³/mol. The molecular formula is C17H22F12O2. The Morgan fingerprint density at radius 3 is 1.45 bits per heavy atom. The molecule has 0 saturated carbocycles. The Hall–Kier alpha value is -0.920. The van der Waals surface area contributed by atoms with Crippen LogP contribution in [-0.2, 0) is 9.47 Å². The molecule has 0 aromatic carbocycles. The Morgan fingerprint density at radius 1 is 0.742 bits per heavy atom. The van der Waals surface area contributed by atoms with Crippen molar-refractivity contribution in [3.05, 3.63) is 0 Å². The molecule has 14 heteroatoms. The fourth-order valence-electron chi connectivity index (χ4n) is 3.73. The molecule has 1 fully saturated rings. The first-order chi connectivity index (χ1) is 14.4. The monoisotopic (exact) mass is 486 g/mol. The topological polar surface area (TPSA) is 18.5 Å². The molecule has 186 valence electrons. The summed E-state index contributed by atoms with van der Waals surface area (Å²) < 4.78 is 176. The van der Waals surface area contributed by atoms with Crippen LogP contribution in [-0.4, -0.2) is 84.2 Å². The van der Waals surface area contributed by atoms with Crippen LogP contribution in [0.3, 0.4) is 0 Å². The average Bonchev–Trinajstić information content (AvgIpc) is 2.93. The molecule has 0 aliphatic carbocycles. The van der Waals surface area contributed by atoms with Gasteiger partial charge in [0.1, 0.15) is 46.2 Å². The van der Waals surface area contributed by atoms with Crippen LogP contribution < -0.4 is 0 Å². The summed E-state index contributed by atoms with van der Waals surface area (Å²) in [6.45, 7) is -17.2. The van der Waals surface area contributed by atoms with E-state index in [-0.39, 0.29) is 7.11 Å². The quantitative estimate of drug-likeness (QED) is 0.343. The van der Waals surface area contributed by atoms with E-state index in [2.05, 4.69) is 9.47 Å². The van der Waals surface area contributed by atoms with E-state index in [9.17, 15) is 52.7 Å². The Labute approximate surface area is 170 Å². The summed E-state index contributed by atoms with van der Waals surface area (Å²) in [5.41, 5.74) is -6.44. The molecule has 1 rings (SSSR count). The molecular weight excluding hydrogens is 464 g/mol. The largest absolute Gasteiger partial charge is 0.365 e. The molecule has 1 saturated heterocycles. The summed E-state index contributed by atoms with van der Waals surface area (Å²) in [5, 5.41) is 0. The summed E-state index contributed by atoms with van der Waals surface area (Å²) in [5.74, 6) is -21.5. The molecule has 2 nitrogen and oxygen atoms in total. The van der Waals surface area contributed by atoms with Crippen LogP contribution in [0.2, 0.25) is 0 Å². The van der Waals surface area contributed by atoms with Crippen molar-refractivity contribution in [3.63, 3.8) is 0 Å². The van der Waals surface area contributed by atoms with E-state index in [0.29, 0.717) is 0 Å². The van der Waals surface area contributed by atoms with Gasteiger partial charge in [-0.15, -0.1) is 0 Å². The Morgan fingerprint density at radius 2 is 1.16 bits per heavy atom. The van der Waals surface area contributed by atoms with E-state index in [1.54, 1.807) is 0 Å². The fourth-order valence-corrected chi connectivity index (χ4v) is 3.73. The highest BCUT2D eigenvalue weighted by Gasteiger charge is 2.85. The predicted octanol–water partition coefficient (Wildman–Crippen LogP) is 4.96. The summed E-state index contributed by atoms with van der Waals surface area (Å²) in [6.07, 6.45) is -3.51. The highest BCUT2D eigenvalue weighted by Crippen LogP contribution is 2.62. The third-order valence-electron chi connectivity index (χ3n) is 6.09. The zero-order valence-corrected chi connectivity index (χ0v) is 16.2. The zero-order valence-electron chi connectivity index (χ0n) is 16.2. The molecule has 0 bridgehead atoms. The van der Waals surface area contributed by atoms with Gasteiger partial charge in [0, 0.05) is 13.0 Å². The summed E-state index contributed by atoms with van der Waals surface area (Å²) in [7, 11) is 0.256. The molecule has 0 amide bonds. The van der Waals surface area contributed by atoms with Crippen LogP contribution >= 0.6 is 0 Å². The number of halogens is 12. The summed E-state index contributed by atoms with van der Waals surface area (Å²) >= 11 is 0. The van der Waals surface area contributed by atoms with E-state index in [4.69, 9.17) is 0 Å². The smallest absolute Gasteiger partial charge is 0.348 e. The molecule has 1 aliphatic heterocycles. The van der Waals surface area contributed by atoms with Gasteiger partial charge < -0.3 is 9.47 Å². The molecule has 0 aromatic rings. The number of methoxy groups -OCH3 is 1. The number of hydrogen-bond donors (Lipinski definition) is 0. The Bertz CT molecular complexity index is 553. The molecule has 0 radical (unpaired) electrons. The first-order valence-corrected chi connectivity index (χ1v) is 8.87. The molecule has 1 aliphatic rings. The number of rotatable bonds is 13. The standard InChI is InChI=1S/C17H22F12O2/c1-30-16(11(3-19)14(7-23,8-24)9-25)17(28,29)15(26,27)12(31-16)10(2-18)13(4-20,5-21)6-22/h10-12H,2-9H2,1H3. The van der Waals surface area contributed by atoms with Gasteiger partial charge in [0.15, 0.2) is 0 Å². The molecule has 31 heavy (non-hydrogen) atoms. The van der Waals surface area contributed by atoms with E-state index in [1.807, 2.05) is 0 Å². The van der Waals surface area contributed by atoms with Crippen molar-refractivity contribution in [2.75, 3.05) is 60.5 Å². The minimum atomic E-state index is -5.71. The molecule has 0 N–H and O–H groups in total. The molecule has 4 atom stereocenters. The van der Waals surface area contributed by atoms with E-state index in [0.717, 1.165) is 0 Å². The normalized spacial score (nSPS) is 28.0. The lowest BCUT2D eigenvalue weighted by Crippen LogP contribution is -2.64. The van der Waals surface area contributed by atoms with E-state index in [1.165, 1.54) is 0 Å². The van der Waals surface area contributed by atoms with Gasteiger partial charge >= 0.3 is 11.8 Å². The van der Waals surface area contributed by atoms with Gasteiger partial charge in [-0.25, -0.2) is 0 Å². The lowest BCUT2D eigenvalue weighted by Gasteiger charge is -2.45. The molecule has 0 aromatic heterocycles. The molecule has 4 unspecified atom stereocenters. The van der Waals surface area contributed by atoms with Crippen molar-refractivity contribution in [1.82, 2.24) is 0 Å². The lowest BCUT2D eigenvalue weighted by molar-refractivity contribution is -0.353. The third-order valence-corrected chi connectivity index (χ3v) is 6.09. The van der Waals surface area contributed by atoms with Crippen LogP contribution in [0.5, 0.6) is 0 Å². The second-order valence-corrected chi connectivity index (χ2v) is 7.60. The van der Waals surface area contributed by atoms with Crippen molar-refractivity contribution >= 4 is 0 Å². The zero-order chi connectivity index (χ0) is 24.3. The van der Waals surface area contributed by atoms with Gasteiger partial charge in [0.25, 0.3) is 0 Å². The lowest BCUT2D eigenvalue weighted by atomic mass is 9.71. The van der Waals surface area contributed by atoms with Crippen LogP contribution in [0.25, 0.3) is 0 Å². The molecule has 1 heterocycles. The van der Waals surface area contributed by atoms with Gasteiger partial charge in [-0.3, -0.25) is 35.1 Å². The number of alkyl halides is 12. The van der Waals surface area contributed by atoms with Crippen LogP contribution in [0.4, 0.5) is 52.7 Å². The van der Waals surface area contributed by atoms with Gasteiger partial charge in [-0.2, -0.15) is 17.6 Å². The minimum Gasteiger partial charge on any atom is -0.348 e. The fraction of sp³-hybridized carbons (Fsp3) is 1.00. The van der Waals surface area contributed by atoms with Gasteiger partial charge in [0.05, 0.1) is 30.1 Å². The van der Waals surface area contributed by atoms with Crippen LogP contribution in [0, 0.1) is 22.7 Å². The molecule has 0 spiro atoms. The van der Waals surface area contributed by atoms with E-state index < -0.39 is 99.8 Å². The maximum absolute atomic E-state index is 14.9.